The number of hydrogen-bond acceptors (Lipinski definition) is 3. The number of urea groups is 1. The van der Waals surface area contributed by atoms with Crippen molar-refractivity contribution in [2.24, 2.45) is 0 Å². The van der Waals surface area contributed by atoms with Gasteiger partial charge in [-0.2, -0.15) is 0 Å². The number of aryl methyl sites for hydroxylation is 1. The maximum atomic E-state index is 12.1. The molecule has 2 aromatic rings. The molecular weight excluding hydrogens is 256 g/mol. The van der Waals surface area contributed by atoms with E-state index in [1.165, 1.54) is 17.2 Å². The second kappa shape index (κ2) is 6.06. The molecule has 0 unspecified atom stereocenters. The smallest absolute Gasteiger partial charge is 0.328 e. The molecule has 2 rings (SSSR count). The van der Waals surface area contributed by atoms with Crippen molar-refractivity contribution in [2.45, 2.75) is 13.8 Å². The van der Waals surface area contributed by atoms with Gasteiger partial charge in [0.2, 0.25) is 0 Å². The van der Waals surface area contributed by atoms with Gasteiger partial charge in [0.05, 0.1) is 6.26 Å². The number of anilines is 1. The van der Waals surface area contributed by atoms with Gasteiger partial charge < -0.3 is 4.42 Å². The average Bonchev–Trinajstić information content (AvgIpc) is 2.93. The van der Waals surface area contributed by atoms with Gasteiger partial charge in [0.25, 0.3) is 5.91 Å². The lowest BCUT2D eigenvalue weighted by Gasteiger charge is -2.21. The van der Waals surface area contributed by atoms with Crippen LogP contribution in [0.25, 0.3) is 0 Å². The van der Waals surface area contributed by atoms with E-state index in [4.69, 9.17) is 4.42 Å². The predicted molar refractivity (Wildman–Crippen MR) is 75.8 cm³/mol. The number of carbonyl (C=O) groups excluding carboxylic acids is 2. The normalized spacial score (nSPS) is 10.1. The molecular formula is C15H16N2O3. The molecule has 3 amide bonds. The summed E-state index contributed by atoms with van der Waals surface area (Å²) in [5.74, 6) is -0.440. The number of nitrogens with one attached hydrogen (secondary N) is 1. The molecule has 0 aliphatic carbocycles. The van der Waals surface area contributed by atoms with Gasteiger partial charge in [-0.15, -0.1) is 0 Å². The molecule has 0 spiro atoms. The fraction of sp³-hybridized carbons (Fsp3) is 0.200. The summed E-state index contributed by atoms with van der Waals surface area (Å²) in [5.41, 5.74) is 1.79. The summed E-state index contributed by atoms with van der Waals surface area (Å²) >= 11 is 0. The molecule has 1 aromatic heterocycles. The molecule has 5 nitrogen and oxygen atoms in total. The lowest BCUT2D eigenvalue weighted by atomic mass is 10.2. The summed E-state index contributed by atoms with van der Waals surface area (Å²) < 4.78 is 4.95. The molecule has 0 saturated carbocycles. The number of furan rings is 1. The Morgan fingerprint density at radius 3 is 2.65 bits per heavy atom. The molecule has 1 aromatic carbocycles. The van der Waals surface area contributed by atoms with Crippen molar-refractivity contribution in [2.75, 3.05) is 11.4 Å². The van der Waals surface area contributed by atoms with E-state index in [-0.39, 0.29) is 5.76 Å². The molecule has 20 heavy (non-hydrogen) atoms. The van der Waals surface area contributed by atoms with Crippen molar-refractivity contribution >= 4 is 17.6 Å². The predicted octanol–water partition coefficient (Wildman–Crippen LogP) is 2.96. The number of rotatable bonds is 3. The van der Waals surface area contributed by atoms with Crippen LogP contribution in [-0.4, -0.2) is 18.5 Å². The largest absolute Gasteiger partial charge is 0.459 e. The molecule has 0 aliphatic rings. The second-order valence-corrected chi connectivity index (χ2v) is 4.32. The summed E-state index contributed by atoms with van der Waals surface area (Å²) in [6.45, 7) is 4.25. The van der Waals surface area contributed by atoms with Gasteiger partial charge in [0.15, 0.2) is 5.76 Å². The zero-order valence-electron chi connectivity index (χ0n) is 11.4. The first-order valence-electron chi connectivity index (χ1n) is 6.35. The molecule has 0 radical (unpaired) electrons. The van der Waals surface area contributed by atoms with E-state index in [1.807, 2.05) is 38.1 Å². The Bertz CT molecular complexity index is 605. The summed E-state index contributed by atoms with van der Waals surface area (Å²) in [6, 6.07) is 10.2. The lowest BCUT2D eigenvalue weighted by Crippen LogP contribution is -2.42. The first kappa shape index (κ1) is 13.9. The van der Waals surface area contributed by atoms with E-state index in [0.29, 0.717) is 6.54 Å². The Morgan fingerprint density at radius 1 is 1.25 bits per heavy atom. The molecule has 5 heteroatoms. The first-order chi connectivity index (χ1) is 9.61. The zero-order valence-corrected chi connectivity index (χ0v) is 11.4. The van der Waals surface area contributed by atoms with Crippen LogP contribution in [-0.2, 0) is 0 Å². The fourth-order valence-electron chi connectivity index (χ4n) is 1.87. The van der Waals surface area contributed by atoms with Crippen LogP contribution in [0.15, 0.2) is 47.1 Å². The molecule has 1 N–H and O–H groups in total. The van der Waals surface area contributed by atoms with Crippen LogP contribution < -0.4 is 10.2 Å². The topological polar surface area (TPSA) is 62.6 Å². The third kappa shape index (κ3) is 3.06. The summed E-state index contributed by atoms with van der Waals surface area (Å²) in [7, 11) is 0. The van der Waals surface area contributed by atoms with Crippen molar-refractivity contribution in [1.29, 1.82) is 0 Å². The summed E-state index contributed by atoms with van der Waals surface area (Å²) in [5, 5.41) is 2.31. The number of hydrogen-bond donors (Lipinski definition) is 1. The van der Waals surface area contributed by atoms with E-state index in [0.717, 1.165) is 11.3 Å². The van der Waals surface area contributed by atoms with Crippen LogP contribution >= 0.6 is 0 Å². The highest BCUT2D eigenvalue weighted by Gasteiger charge is 2.18. The minimum absolute atomic E-state index is 0.110. The quantitative estimate of drug-likeness (QED) is 0.934. The van der Waals surface area contributed by atoms with E-state index >= 15 is 0 Å². The van der Waals surface area contributed by atoms with Crippen LogP contribution in [0.3, 0.4) is 0 Å². The number of benzene rings is 1. The van der Waals surface area contributed by atoms with E-state index in [2.05, 4.69) is 5.32 Å². The molecule has 0 saturated heterocycles. The SMILES string of the molecule is CCN(C(=O)NC(=O)c1ccco1)c1cccc(C)c1. The van der Waals surface area contributed by atoms with Crippen molar-refractivity contribution < 1.29 is 14.0 Å². The van der Waals surface area contributed by atoms with Gasteiger partial charge >= 0.3 is 6.03 Å². The van der Waals surface area contributed by atoms with Gasteiger partial charge in [-0.25, -0.2) is 4.79 Å². The minimum Gasteiger partial charge on any atom is -0.459 e. The Balaban J connectivity index is 2.12. The molecule has 0 aliphatic heterocycles. The van der Waals surface area contributed by atoms with Crippen LogP contribution in [0.2, 0.25) is 0 Å². The molecule has 0 fully saturated rings. The molecule has 104 valence electrons. The molecule has 1 heterocycles. The van der Waals surface area contributed by atoms with Crippen LogP contribution in [0.5, 0.6) is 0 Å². The van der Waals surface area contributed by atoms with Gasteiger partial charge in [-0.3, -0.25) is 15.0 Å². The monoisotopic (exact) mass is 272 g/mol. The minimum atomic E-state index is -0.550. The van der Waals surface area contributed by atoms with Crippen LogP contribution in [0.1, 0.15) is 23.0 Å². The van der Waals surface area contributed by atoms with Gasteiger partial charge in [-0.05, 0) is 43.7 Å². The molecule has 0 bridgehead atoms. The zero-order chi connectivity index (χ0) is 14.5. The Labute approximate surface area is 117 Å². The van der Waals surface area contributed by atoms with Crippen molar-refractivity contribution in [3.05, 3.63) is 54.0 Å². The first-order valence-corrected chi connectivity index (χ1v) is 6.35. The van der Waals surface area contributed by atoms with Crippen molar-refractivity contribution in [3.8, 4) is 0 Å². The average molecular weight is 272 g/mol. The maximum absolute atomic E-state index is 12.1. The van der Waals surface area contributed by atoms with E-state index < -0.39 is 11.9 Å². The maximum Gasteiger partial charge on any atom is 0.328 e. The molecule has 0 atom stereocenters. The van der Waals surface area contributed by atoms with Gasteiger partial charge in [0.1, 0.15) is 0 Å². The van der Waals surface area contributed by atoms with Crippen molar-refractivity contribution in [1.82, 2.24) is 5.32 Å². The fourth-order valence-corrected chi connectivity index (χ4v) is 1.87. The van der Waals surface area contributed by atoms with Crippen LogP contribution in [0, 0.1) is 6.92 Å². The standard InChI is InChI=1S/C15H16N2O3/c1-3-17(12-7-4-6-11(2)10-12)15(19)16-14(18)13-8-5-9-20-13/h4-10H,3H2,1-2H3,(H,16,18,19). The summed E-state index contributed by atoms with van der Waals surface area (Å²) in [6.07, 6.45) is 1.39. The number of nitrogens with zero attached hydrogens (tertiary/aromatic N) is 1. The highest BCUT2D eigenvalue weighted by Crippen LogP contribution is 2.15. The third-order valence-electron chi connectivity index (χ3n) is 2.84. The Morgan fingerprint density at radius 2 is 2.05 bits per heavy atom. The Kier molecular flexibility index (Phi) is 4.20. The van der Waals surface area contributed by atoms with E-state index in [1.54, 1.807) is 6.07 Å². The van der Waals surface area contributed by atoms with E-state index in [9.17, 15) is 9.59 Å². The lowest BCUT2D eigenvalue weighted by molar-refractivity contribution is 0.0938. The highest BCUT2D eigenvalue weighted by molar-refractivity contribution is 6.07. The second-order valence-electron chi connectivity index (χ2n) is 4.32. The van der Waals surface area contributed by atoms with Gasteiger partial charge in [0, 0.05) is 12.2 Å². The number of imide groups is 1. The van der Waals surface area contributed by atoms with Crippen LogP contribution in [0.4, 0.5) is 10.5 Å². The number of carbonyl (C=O) groups is 2. The van der Waals surface area contributed by atoms with Gasteiger partial charge in [-0.1, -0.05) is 12.1 Å². The summed E-state index contributed by atoms with van der Waals surface area (Å²) in [4.78, 5) is 25.4. The van der Waals surface area contributed by atoms with Crippen molar-refractivity contribution in [3.63, 3.8) is 0 Å². The highest BCUT2D eigenvalue weighted by atomic mass is 16.3. The third-order valence-corrected chi connectivity index (χ3v) is 2.84. The number of amides is 3. The Hall–Kier alpha value is -2.56.